The molecule has 1 atom stereocenters. The quantitative estimate of drug-likeness (QED) is 0.354. The third-order valence-electron chi connectivity index (χ3n) is 5.80. The van der Waals surface area contributed by atoms with E-state index < -0.39 is 21.9 Å². The first-order chi connectivity index (χ1) is 16.8. The minimum absolute atomic E-state index is 0.0359. The van der Waals surface area contributed by atoms with Crippen LogP contribution in [0.15, 0.2) is 82.5 Å². The highest BCUT2D eigenvalue weighted by atomic mass is 32.2. The summed E-state index contributed by atoms with van der Waals surface area (Å²) in [5.74, 6) is 0.168. The summed E-state index contributed by atoms with van der Waals surface area (Å²) in [4.78, 5) is 18.4. The van der Waals surface area contributed by atoms with Crippen LogP contribution in [-0.2, 0) is 10.0 Å². The smallest absolute Gasteiger partial charge is 0.266 e. The molecule has 1 aromatic heterocycles. The van der Waals surface area contributed by atoms with Gasteiger partial charge in [-0.3, -0.25) is 9.36 Å². The van der Waals surface area contributed by atoms with Crippen LogP contribution < -0.4 is 10.3 Å². The number of methoxy groups -OCH3 is 1. The molecule has 182 valence electrons. The third kappa shape index (κ3) is 4.56. The van der Waals surface area contributed by atoms with Gasteiger partial charge in [0.25, 0.3) is 5.56 Å². The minimum Gasteiger partial charge on any atom is -0.495 e. The molecule has 0 amide bonds. The van der Waals surface area contributed by atoms with Gasteiger partial charge in [-0.2, -0.15) is 4.31 Å². The highest BCUT2D eigenvalue weighted by molar-refractivity contribution is 7.89. The molecule has 35 heavy (non-hydrogen) atoms. The number of ether oxygens (including phenoxy) is 1. The molecule has 0 spiro atoms. The Balaban J connectivity index is 1.98. The molecular weight excluding hydrogens is 469 g/mol. The Hall–Kier alpha value is -3.56. The summed E-state index contributed by atoms with van der Waals surface area (Å²) in [5, 5.41) is 0.401. The van der Waals surface area contributed by atoms with Crippen molar-refractivity contribution in [3.8, 4) is 11.4 Å². The van der Waals surface area contributed by atoms with Crippen molar-refractivity contribution in [3.63, 3.8) is 0 Å². The van der Waals surface area contributed by atoms with Gasteiger partial charge >= 0.3 is 0 Å². The Bertz CT molecular complexity index is 1520. The average Bonchev–Trinajstić information content (AvgIpc) is 2.87. The fourth-order valence-electron chi connectivity index (χ4n) is 4.09. The molecule has 0 aliphatic heterocycles. The lowest BCUT2D eigenvalue weighted by molar-refractivity contribution is 0.326. The van der Waals surface area contributed by atoms with Gasteiger partial charge in [-0.1, -0.05) is 31.2 Å². The van der Waals surface area contributed by atoms with E-state index in [9.17, 15) is 17.6 Å². The second-order valence-electron chi connectivity index (χ2n) is 8.05. The van der Waals surface area contributed by atoms with Crippen LogP contribution >= 0.6 is 0 Å². The fourth-order valence-corrected chi connectivity index (χ4v) is 5.77. The maximum absolute atomic E-state index is 13.7. The Morgan fingerprint density at radius 1 is 1.03 bits per heavy atom. The first kappa shape index (κ1) is 24.6. The van der Waals surface area contributed by atoms with Gasteiger partial charge < -0.3 is 4.74 Å². The van der Waals surface area contributed by atoms with Crippen molar-refractivity contribution in [2.24, 2.45) is 0 Å². The van der Waals surface area contributed by atoms with Gasteiger partial charge in [0.05, 0.1) is 34.6 Å². The normalized spacial score (nSPS) is 12.7. The largest absolute Gasteiger partial charge is 0.495 e. The highest BCUT2D eigenvalue weighted by Gasteiger charge is 2.33. The Morgan fingerprint density at radius 2 is 1.69 bits per heavy atom. The van der Waals surface area contributed by atoms with Crippen molar-refractivity contribution in [3.05, 3.63) is 94.8 Å². The third-order valence-corrected chi connectivity index (χ3v) is 7.78. The number of sulfonamides is 1. The minimum atomic E-state index is -4.03. The van der Waals surface area contributed by atoms with Gasteiger partial charge in [0.2, 0.25) is 10.0 Å². The van der Waals surface area contributed by atoms with Crippen LogP contribution in [0.25, 0.3) is 16.6 Å². The summed E-state index contributed by atoms with van der Waals surface area (Å²) in [6.07, 6.45) is 0.525. The molecule has 1 heterocycles. The first-order valence-electron chi connectivity index (χ1n) is 11.2. The van der Waals surface area contributed by atoms with Crippen LogP contribution in [0.1, 0.15) is 32.1 Å². The second-order valence-corrected chi connectivity index (χ2v) is 9.94. The molecule has 0 fully saturated rings. The van der Waals surface area contributed by atoms with E-state index in [0.717, 1.165) is 12.1 Å². The summed E-state index contributed by atoms with van der Waals surface area (Å²) in [5.41, 5.74) is 0.578. The monoisotopic (exact) mass is 495 g/mol. The number of benzene rings is 3. The van der Waals surface area contributed by atoms with Crippen LogP contribution in [0.4, 0.5) is 4.39 Å². The Labute approximate surface area is 203 Å². The molecule has 0 saturated carbocycles. The van der Waals surface area contributed by atoms with Gasteiger partial charge in [0.15, 0.2) is 0 Å². The number of rotatable bonds is 8. The summed E-state index contributed by atoms with van der Waals surface area (Å²) in [7, 11) is -2.52. The topological polar surface area (TPSA) is 81.5 Å². The number of hydrogen-bond donors (Lipinski definition) is 0. The zero-order chi connectivity index (χ0) is 25.2. The molecule has 0 aliphatic carbocycles. The first-order valence-corrected chi connectivity index (χ1v) is 12.7. The van der Waals surface area contributed by atoms with E-state index in [1.54, 1.807) is 55.5 Å². The lowest BCUT2D eigenvalue weighted by Crippen LogP contribution is -2.38. The SMILES string of the molecule is CCCN(C(C)c1nc2ccccc2c(=O)n1-c1ccccc1OC)S(=O)(=O)c1ccc(F)cc1. The number of fused-ring (bicyclic) bond motifs is 1. The Morgan fingerprint density at radius 3 is 2.37 bits per heavy atom. The standard InChI is InChI=1S/C26H26FN3O4S/c1-4-17-29(35(32,33)20-15-13-19(27)14-16-20)18(2)25-28-22-10-6-5-9-21(22)26(31)30(25)23-11-7-8-12-24(23)34-3/h5-16,18H,4,17H2,1-3H3. The van der Waals surface area contributed by atoms with Crippen LogP contribution in [0.2, 0.25) is 0 Å². The molecule has 4 rings (SSSR count). The summed E-state index contributed by atoms with van der Waals surface area (Å²) in [6, 6.07) is 17.8. The van der Waals surface area contributed by atoms with Crippen molar-refractivity contribution in [1.82, 2.24) is 13.9 Å². The molecule has 0 N–H and O–H groups in total. The molecule has 7 nitrogen and oxygen atoms in total. The van der Waals surface area contributed by atoms with Gasteiger partial charge in [-0.05, 0) is 61.9 Å². The van der Waals surface area contributed by atoms with Gasteiger partial charge in [0.1, 0.15) is 17.4 Å². The number of aromatic nitrogens is 2. The zero-order valence-electron chi connectivity index (χ0n) is 19.7. The van der Waals surface area contributed by atoms with Gasteiger partial charge in [0, 0.05) is 6.54 Å². The van der Waals surface area contributed by atoms with Crippen molar-refractivity contribution < 1.29 is 17.5 Å². The summed E-state index contributed by atoms with van der Waals surface area (Å²) >= 11 is 0. The number of halogens is 1. The molecular formula is C26H26FN3O4S. The van der Waals surface area contributed by atoms with Crippen molar-refractivity contribution >= 4 is 20.9 Å². The maximum Gasteiger partial charge on any atom is 0.266 e. The van der Waals surface area contributed by atoms with E-state index in [2.05, 4.69) is 0 Å². The van der Waals surface area contributed by atoms with Crippen molar-refractivity contribution in [2.75, 3.05) is 13.7 Å². The maximum atomic E-state index is 13.7. The van der Waals surface area contributed by atoms with E-state index >= 15 is 0 Å². The molecule has 0 radical (unpaired) electrons. The predicted octanol–water partition coefficient (Wildman–Crippen LogP) is 4.70. The van der Waals surface area contributed by atoms with E-state index in [1.807, 2.05) is 6.92 Å². The van der Waals surface area contributed by atoms with Crippen molar-refractivity contribution in [1.29, 1.82) is 0 Å². The van der Waals surface area contributed by atoms with E-state index in [-0.39, 0.29) is 22.8 Å². The Kier molecular flexibility index (Phi) is 7.00. The van der Waals surface area contributed by atoms with Gasteiger partial charge in [-0.15, -0.1) is 0 Å². The van der Waals surface area contributed by atoms with Crippen molar-refractivity contribution in [2.45, 2.75) is 31.2 Å². The molecule has 3 aromatic carbocycles. The van der Waals surface area contributed by atoms with Crippen LogP contribution in [0, 0.1) is 5.82 Å². The molecule has 9 heteroatoms. The number of nitrogens with zero attached hydrogens (tertiary/aromatic N) is 3. The second kappa shape index (κ2) is 9.97. The molecule has 0 bridgehead atoms. The predicted molar refractivity (Wildman–Crippen MR) is 133 cm³/mol. The summed E-state index contributed by atoms with van der Waals surface area (Å²) < 4.78 is 49.0. The summed E-state index contributed by atoms with van der Waals surface area (Å²) in [6.45, 7) is 3.73. The lowest BCUT2D eigenvalue weighted by atomic mass is 10.2. The van der Waals surface area contributed by atoms with Crippen LogP contribution in [-0.4, -0.2) is 35.9 Å². The number of para-hydroxylation sites is 3. The van der Waals surface area contributed by atoms with Crippen LogP contribution in [0.3, 0.4) is 0 Å². The molecule has 0 aliphatic rings. The van der Waals surface area contributed by atoms with Crippen LogP contribution in [0.5, 0.6) is 5.75 Å². The number of hydrogen-bond acceptors (Lipinski definition) is 5. The molecule has 0 saturated heterocycles. The fraction of sp³-hybridized carbons (Fsp3) is 0.231. The van der Waals surface area contributed by atoms with E-state index in [0.29, 0.717) is 28.8 Å². The van der Waals surface area contributed by atoms with E-state index in [4.69, 9.17) is 9.72 Å². The highest BCUT2D eigenvalue weighted by Crippen LogP contribution is 2.31. The van der Waals surface area contributed by atoms with E-state index in [1.165, 1.54) is 28.1 Å². The molecule has 1 unspecified atom stereocenters. The average molecular weight is 496 g/mol. The molecule has 4 aromatic rings. The van der Waals surface area contributed by atoms with Gasteiger partial charge in [-0.25, -0.2) is 17.8 Å². The zero-order valence-corrected chi connectivity index (χ0v) is 20.5. The lowest BCUT2D eigenvalue weighted by Gasteiger charge is -2.29.